The number of amides is 1. The average Bonchev–Trinajstić information content (AvgIpc) is 2.86. The summed E-state index contributed by atoms with van der Waals surface area (Å²) in [6.07, 6.45) is 4.49. The summed E-state index contributed by atoms with van der Waals surface area (Å²) in [7, 11) is 1.87. The normalized spacial score (nSPS) is 10.4. The number of aryl methyl sites for hydroxylation is 1. The van der Waals surface area contributed by atoms with Gasteiger partial charge in [0.05, 0.1) is 11.8 Å². The van der Waals surface area contributed by atoms with E-state index in [0.717, 1.165) is 24.2 Å². The first kappa shape index (κ1) is 15.4. The maximum Gasteiger partial charge on any atom is 0.253 e. The summed E-state index contributed by atoms with van der Waals surface area (Å²) in [4.78, 5) is 12.3. The first-order valence-corrected chi connectivity index (χ1v) is 7.27. The van der Waals surface area contributed by atoms with E-state index in [2.05, 4.69) is 15.7 Å². The third kappa shape index (κ3) is 4.23. The first-order valence-electron chi connectivity index (χ1n) is 6.89. The van der Waals surface area contributed by atoms with Gasteiger partial charge in [0.25, 0.3) is 5.91 Å². The monoisotopic (exact) mass is 306 g/mol. The van der Waals surface area contributed by atoms with Crippen molar-refractivity contribution in [1.29, 1.82) is 0 Å². The lowest BCUT2D eigenvalue weighted by Gasteiger charge is -2.11. The molecule has 0 bridgehead atoms. The van der Waals surface area contributed by atoms with Crippen LogP contribution in [-0.4, -0.2) is 28.8 Å². The smallest absolute Gasteiger partial charge is 0.253 e. The summed E-state index contributed by atoms with van der Waals surface area (Å²) >= 11 is 5.97. The Labute approximate surface area is 129 Å². The number of nitrogens with one attached hydrogen (secondary N) is 2. The van der Waals surface area contributed by atoms with Crippen molar-refractivity contribution in [3.05, 3.63) is 46.7 Å². The highest BCUT2D eigenvalue weighted by Gasteiger charge is 2.11. The van der Waals surface area contributed by atoms with Crippen LogP contribution in [0.25, 0.3) is 0 Å². The average molecular weight is 307 g/mol. The molecule has 2 rings (SSSR count). The van der Waals surface area contributed by atoms with Crippen LogP contribution in [0.5, 0.6) is 0 Å². The number of halogens is 1. The van der Waals surface area contributed by atoms with Gasteiger partial charge in [0.15, 0.2) is 0 Å². The molecule has 0 aliphatic rings. The molecule has 0 unspecified atom stereocenters. The van der Waals surface area contributed by atoms with Crippen LogP contribution < -0.4 is 10.6 Å². The number of hydrogen-bond donors (Lipinski definition) is 2. The maximum absolute atomic E-state index is 12.3. The first-order chi connectivity index (χ1) is 10.1. The van der Waals surface area contributed by atoms with E-state index in [4.69, 9.17) is 11.6 Å². The minimum absolute atomic E-state index is 0.127. The molecular formula is C15H19ClN4O. The van der Waals surface area contributed by atoms with E-state index in [1.165, 1.54) is 0 Å². The predicted octanol–water partition coefficient (Wildman–Crippen LogP) is 2.48. The second-order valence-corrected chi connectivity index (χ2v) is 5.18. The Morgan fingerprint density at radius 1 is 1.43 bits per heavy atom. The lowest BCUT2D eigenvalue weighted by molar-refractivity contribution is 0.0955. The van der Waals surface area contributed by atoms with Gasteiger partial charge in [-0.2, -0.15) is 5.10 Å². The third-order valence-electron chi connectivity index (χ3n) is 3.05. The van der Waals surface area contributed by atoms with Crippen LogP contribution in [0.2, 0.25) is 5.02 Å². The second-order valence-electron chi connectivity index (χ2n) is 4.75. The van der Waals surface area contributed by atoms with Gasteiger partial charge in [-0.3, -0.25) is 9.48 Å². The fourth-order valence-electron chi connectivity index (χ4n) is 2.07. The molecule has 0 fully saturated rings. The molecule has 0 aliphatic heterocycles. The number of benzene rings is 1. The number of carbonyl (C=O) groups is 1. The van der Waals surface area contributed by atoms with Crippen molar-refractivity contribution < 1.29 is 4.79 Å². The van der Waals surface area contributed by atoms with Crippen LogP contribution in [-0.2, 0) is 13.5 Å². The molecule has 112 valence electrons. The lowest BCUT2D eigenvalue weighted by atomic mass is 10.1. The van der Waals surface area contributed by atoms with Crippen LogP contribution in [0.15, 0.2) is 30.6 Å². The largest absolute Gasteiger partial charge is 0.385 e. The third-order valence-corrected chi connectivity index (χ3v) is 3.29. The Kier molecular flexibility index (Phi) is 5.22. The Bertz CT molecular complexity index is 624. The van der Waals surface area contributed by atoms with E-state index in [-0.39, 0.29) is 5.91 Å². The molecule has 2 aromatic rings. The second kappa shape index (κ2) is 7.13. The standard InChI is InChI=1S/C15H19ClN4O/c1-3-17-14-5-4-12(16)8-13(14)15(21)18-7-6-11-9-19-20(2)10-11/h4-5,8-10,17H,3,6-7H2,1-2H3,(H,18,21). The molecule has 0 aliphatic carbocycles. The Morgan fingerprint density at radius 2 is 2.24 bits per heavy atom. The molecule has 0 spiro atoms. The van der Waals surface area contributed by atoms with Gasteiger partial charge in [-0.05, 0) is 37.1 Å². The van der Waals surface area contributed by atoms with Gasteiger partial charge in [0.2, 0.25) is 0 Å². The number of aromatic nitrogens is 2. The molecule has 1 heterocycles. The molecule has 5 nitrogen and oxygen atoms in total. The maximum atomic E-state index is 12.3. The van der Waals surface area contributed by atoms with Crippen molar-refractivity contribution in [1.82, 2.24) is 15.1 Å². The topological polar surface area (TPSA) is 59.0 Å². The van der Waals surface area contributed by atoms with Gasteiger partial charge in [-0.1, -0.05) is 11.6 Å². The van der Waals surface area contributed by atoms with Crippen LogP contribution in [0, 0.1) is 0 Å². The Balaban J connectivity index is 1.97. The highest BCUT2D eigenvalue weighted by Crippen LogP contribution is 2.20. The highest BCUT2D eigenvalue weighted by atomic mass is 35.5. The molecule has 0 radical (unpaired) electrons. The molecule has 1 amide bonds. The van der Waals surface area contributed by atoms with Gasteiger partial charge < -0.3 is 10.6 Å². The van der Waals surface area contributed by atoms with Gasteiger partial charge in [0, 0.05) is 37.0 Å². The van der Waals surface area contributed by atoms with Gasteiger partial charge in [-0.15, -0.1) is 0 Å². The van der Waals surface area contributed by atoms with Gasteiger partial charge in [0.1, 0.15) is 0 Å². The summed E-state index contributed by atoms with van der Waals surface area (Å²) < 4.78 is 1.75. The summed E-state index contributed by atoms with van der Waals surface area (Å²) in [5.74, 6) is -0.127. The SMILES string of the molecule is CCNc1ccc(Cl)cc1C(=O)NCCc1cnn(C)c1. The van der Waals surface area contributed by atoms with Crippen molar-refractivity contribution in [2.24, 2.45) is 7.05 Å². The number of nitrogens with zero attached hydrogens (tertiary/aromatic N) is 2. The van der Waals surface area contributed by atoms with Crippen molar-refractivity contribution in [2.45, 2.75) is 13.3 Å². The molecule has 0 atom stereocenters. The van der Waals surface area contributed by atoms with Crippen molar-refractivity contribution in [3.8, 4) is 0 Å². The Hall–Kier alpha value is -2.01. The highest BCUT2D eigenvalue weighted by molar-refractivity contribution is 6.31. The van der Waals surface area contributed by atoms with E-state index >= 15 is 0 Å². The minimum Gasteiger partial charge on any atom is -0.385 e. The van der Waals surface area contributed by atoms with E-state index in [0.29, 0.717) is 17.1 Å². The van der Waals surface area contributed by atoms with Crippen LogP contribution in [0.4, 0.5) is 5.69 Å². The number of rotatable bonds is 6. The van der Waals surface area contributed by atoms with E-state index in [1.807, 2.05) is 26.2 Å². The summed E-state index contributed by atoms with van der Waals surface area (Å²) in [5.41, 5.74) is 2.45. The molecule has 0 saturated carbocycles. The van der Waals surface area contributed by atoms with E-state index in [9.17, 15) is 4.79 Å². The fraction of sp³-hybridized carbons (Fsp3) is 0.333. The lowest BCUT2D eigenvalue weighted by Crippen LogP contribution is -2.26. The van der Waals surface area contributed by atoms with Crippen molar-refractivity contribution in [3.63, 3.8) is 0 Å². The van der Waals surface area contributed by atoms with E-state index < -0.39 is 0 Å². The molecular weight excluding hydrogens is 288 g/mol. The van der Waals surface area contributed by atoms with Crippen LogP contribution in [0.1, 0.15) is 22.8 Å². The predicted molar refractivity (Wildman–Crippen MR) is 84.9 cm³/mol. The molecule has 1 aromatic carbocycles. The molecule has 1 aromatic heterocycles. The molecule has 21 heavy (non-hydrogen) atoms. The van der Waals surface area contributed by atoms with Crippen molar-refractivity contribution in [2.75, 3.05) is 18.4 Å². The van der Waals surface area contributed by atoms with Crippen molar-refractivity contribution >= 4 is 23.2 Å². The van der Waals surface area contributed by atoms with Crippen LogP contribution in [0.3, 0.4) is 0 Å². The number of anilines is 1. The van der Waals surface area contributed by atoms with Gasteiger partial charge >= 0.3 is 0 Å². The number of carbonyl (C=O) groups excluding carboxylic acids is 1. The zero-order valence-electron chi connectivity index (χ0n) is 12.2. The fourth-order valence-corrected chi connectivity index (χ4v) is 2.24. The zero-order valence-corrected chi connectivity index (χ0v) is 12.9. The molecule has 0 saturated heterocycles. The summed E-state index contributed by atoms with van der Waals surface area (Å²) in [6.45, 7) is 3.29. The number of hydrogen-bond acceptors (Lipinski definition) is 3. The summed E-state index contributed by atoms with van der Waals surface area (Å²) in [6, 6.07) is 5.27. The Morgan fingerprint density at radius 3 is 2.90 bits per heavy atom. The van der Waals surface area contributed by atoms with E-state index in [1.54, 1.807) is 23.0 Å². The quantitative estimate of drug-likeness (QED) is 0.862. The van der Waals surface area contributed by atoms with Crippen LogP contribution >= 0.6 is 11.6 Å². The zero-order chi connectivity index (χ0) is 15.2. The molecule has 2 N–H and O–H groups in total. The minimum atomic E-state index is -0.127. The summed E-state index contributed by atoms with van der Waals surface area (Å²) in [5, 5.41) is 10.7. The molecule has 6 heteroatoms. The van der Waals surface area contributed by atoms with Gasteiger partial charge in [-0.25, -0.2) is 0 Å².